The van der Waals surface area contributed by atoms with Crippen LogP contribution in [0.3, 0.4) is 0 Å². The van der Waals surface area contributed by atoms with Gasteiger partial charge in [-0.2, -0.15) is 10.1 Å². The zero-order valence-corrected chi connectivity index (χ0v) is 32.2. The number of methoxy groups -OCH3 is 1. The van der Waals surface area contributed by atoms with Crippen molar-refractivity contribution in [2.75, 3.05) is 37.9 Å². The number of aryl methyl sites for hydroxylation is 3. The number of nitrogens with two attached hydrogens (primary N) is 3. The van der Waals surface area contributed by atoms with E-state index >= 15 is 0 Å². The zero-order valence-electron chi connectivity index (χ0n) is 32.2. The fourth-order valence-corrected chi connectivity index (χ4v) is 5.51. The van der Waals surface area contributed by atoms with Gasteiger partial charge in [0, 0.05) is 44.2 Å². The number of aromatic nitrogens is 4. The highest BCUT2D eigenvalue weighted by Gasteiger charge is 2.33. The summed E-state index contributed by atoms with van der Waals surface area (Å²) in [6.45, 7) is 16.2. The Morgan fingerprint density at radius 2 is 1.62 bits per heavy atom. The van der Waals surface area contributed by atoms with Crippen molar-refractivity contribution in [2.45, 2.75) is 73.6 Å². The molecule has 0 aliphatic carbocycles. The molecule has 0 saturated heterocycles. The summed E-state index contributed by atoms with van der Waals surface area (Å²) in [6, 6.07) is 7.97. The normalized spacial score (nSPS) is 12.5. The molecule has 0 aliphatic rings. The average Bonchev–Trinajstić information content (AvgIpc) is 3.60. The van der Waals surface area contributed by atoms with E-state index in [1.807, 2.05) is 30.6 Å². The number of anilines is 2. The van der Waals surface area contributed by atoms with Crippen LogP contribution in [0, 0.1) is 12.3 Å². The maximum atomic E-state index is 13.5. The van der Waals surface area contributed by atoms with Crippen molar-refractivity contribution < 1.29 is 28.6 Å². The second-order valence-electron chi connectivity index (χ2n) is 14.2. The number of carbonyl (C=O) groups excluding carboxylic acids is 3. The number of carbonyl (C=O) groups is 3. The highest BCUT2D eigenvalue weighted by molar-refractivity contribution is 5.99. The lowest BCUT2D eigenvalue weighted by Crippen LogP contribution is -2.39. The average molecular weight is 732 g/mol. The first-order valence-electron chi connectivity index (χ1n) is 17.5. The summed E-state index contributed by atoms with van der Waals surface area (Å²) in [5.41, 5.74) is 21.1. The third kappa shape index (κ3) is 9.09. The largest absolute Gasteiger partial charge is 0.494 e. The maximum absolute atomic E-state index is 13.5. The molecule has 2 aromatic carbocycles. The Bertz CT molecular complexity index is 2100. The third-order valence-electron chi connectivity index (χ3n) is 9.44. The fourth-order valence-electron chi connectivity index (χ4n) is 5.51. The Labute approximate surface area is 309 Å². The monoisotopic (exact) mass is 731 g/mol. The van der Waals surface area contributed by atoms with Crippen LogP contribution in [-0.4, -0.2) is 69.1 Å². The molecular formula is C38H53N9O6. The molecule has 0 fully saturated rings. The highest BCUT2D eigenvalue weighted by Crippen LogP contribution is 2.34. The minimum absolute atomic E-state index is 0.0400. The van der Waals surface area contributed by atoms with Crippen LogP contribution >= 0.6 is 0 Å². The number of amides is 3. The molecule has 4 aromatic rings. The molecule has 7 N–H and O–H groups in total. The predicted octanol–water partition coefficient (Wildman–Crippen LogP) is 4.31. The zero-order chi connectivity index (χ0) is 39.2. The molecular weight excluding hydrogens is 678 g/mol. The molecule has 0 aliphatic heterocycles. The van der Waals surface area contributed by atoms with Crippen LogP contribution in [0.5, 0.6) is 11.5 Å². The van der Waals surface area contributed by atoms with Gasteiger partial charge < -0.3 is 45.9 Å². The number of ether oxygens (including phenoxy) is 3. The lowest BCUT2D eigenvalue weighted by atomic mass is 9.79. The summed E-state index contributed by atoms with van der Waals surface area (Å²) >= 11 is 0. The molecule has 2 heterocycles. The molecule has 0 atom stereocenters. The molecule has 0 spiro atoms. The second-order valence-corrected chi connectivity index (χ2v) is 14.2. The molecule has 15 heteroatoms. The highest BCUT2D eigenvalue weighted by atomic mass is 16.5. The van der Waals surface area contributed by atoms with E-state index in [1.54, 1.807) is 40.6 Å². The number of nitrogens with one attached hydrogen (secondary N) is 1. The fraction of sp³-hybridized carbons (Fsp3) is 0.447. The van der Waals surface area contributed by atoms with Gasteiger partial charge in [0.2, 0.25) is 17.4 Å². The number of hydrogen-bond donors (Lipinski definition) is 4. The van der Waals surface area contributed by atoms with Gasteiger partial charge in [-0.15, -0.1) is 0 Å². The molecule has 53 heavy (non-hydrogen) atoms. The maximum Gasteiger partial charge on any atom is 0.298 e. The summed E-state index contributed by atoms with van der Waals surface area (Å²) < 4.78 is 23.0. The smallest absolute Gasteiger partial charge is 0.298 e. The topological polar surface area (TPSA) is 209 Å². The number of allylic oxidation sites excluding steroid dienone is 1. The summed E-state index contributed by atoms with van der Waals surface area (Å²) in [6.07, 6.45) is 4.38. The Kier molecular flexibility index (Phi) is 12.4. The Balaban J connectivity index is 1.61. The Morgan fingerprint density at radius 1 is 0.962 bits per heavy atom. The molecule has 0 unspecified atom stereocenters. The summed E-state index contributed by atoms with van der Waals surface area (Å²) in [5, 5.41) is 7.68. The number of imidazole rings is 1. The molecule has 3 amide bonds. The number of fused-ring (bicyclic) bond motifs is 1. The van der Waals surface area contributed by atoms with E-state index in [4.69, 9.17) is 31.4 Å². The standard InChI is InChI=1S/C38H53N9O6/c1-10-47-28(18-23(2)44-47)35(50)43-36-45(8)27-20-25(34(41)49)22-30(51-9)32(27)46(36)15-12-11-14-42-31-26(39)19-24(33(40)48)21-29(31)52-16-13-17-53-38(6,7)37(3,4)5/h11-12,18-22,42H,10,13-17,39H2,1-9H3,(H2,40,48)(H2,41,49)/b12-11+,43-36?. The van der Waals surface area contributed by atoms with Crippen molar-refractivity contribution in [3.8, 4) is 11.5 Å². The molecule has 0 bridgehead atoms. The Morgan fingerprint density at radius 3 is 2.25 bits per heavy atom. The molecule has 0 saturated carbocycles. The first-order valence-corrected chi connectivity index (χ1v) is 17.5. The number of benzene rings is 2. The SMILES string of the molecule is CCn1nc(C)cc1C(=O)N=c1n(C)c2cc(C(N)=O)cc(OC)c2n1C/C=C/CNc1c(N)cc(C(N)=O)cc1OCCCOC(C)(C)C(C)(C)C. The molecule has 4 rings (SSSR count). The van der Waals surface area contributed by atoms with Crippen molar-refractivity contribution >= 4 is 40.1 Å². The molecule has 0 radical (unpaired) electrons. The van der Waals surface area contributed by atoms with Crippen LogP contribution in [0.25, 0.3) is 11.0 Å². The lowest BCUT2D eigenvalue weighted by molar-refractivity contribution is -0.0924. The van der Waals surface area contributed by atoms with Crippen molar-refractivity contribution in [1.29, 1.82) is 0 Å². The second kappa shape index (κ2) is 16.4. The van der Waals surface area contributed by atoms with E-state index in [0.717, 1.165) is 0 Å². The van der Waals surface area contributed by atoms with E-state index in [0.29, 0.717) is 83.6 Å². The Hall–Kier alpha value is -5.57. The van der Waals surface area contributed by atoms with Gasteiger partial charge in [0.25, 0.3) is 5.91 Å². The van der Waals surface area contributed by atoms with Crippen LogP contribution in [-0.2, 0) is 24.9 Å². The number of nitrogen functional groups attached to an aromatic ring is 1. The number of primary amides is 2. The van der Waals surface area contributed by atoms with Crippen LogP contribution in [0.15, 0.2) is 47.5 Å². The summed E-state index contributed by atoms with van der Waals surface area (Å²) in [5.74, 6) is -0.938. The third-order valence-corrected chi connectivity index (χ3v) is 9.44. The van der Waals surface area contributed by atoms with Crippen LogP contribution in [0.1, 0.15) is 84.9 Å². The number of rotatable bonds is 16. The first-order chi connectivity index (χ1) is 24.9. The van der Waals surface area contributed by atoms with E-state index in [1.165, 1.54) is 13.2 Å². The van der Waals surface area contributed by atoms with E-state index in [2.05, 4.69) is 50.0 Å². The van der Waals surface area contributed by atoms with E-state index in [9.17, 15) is 14.4 Å². The predicted molar refractivity (Wildman–Crippen MR) is 205 cm³/mol. The summed E-state index contributed by atoms with van der Waals surface area (Å²) in [7, 11) is 3.24. The van der Waals surface area contributed by atoms with Crippen LogP contribution < -0.4 is 37.6 Å². The molecule has 2 aromatic heterocycles. The molecule has 286 valence electrons. The minimum atomic E-state index is -0.622. The van der Waals surface area contributed by atoms with Crippen LogP contribution in [0.4, 0.5) is 11.4 Å². The first kappa shape index (κ1) is 40.2. The van der Waals surface area contributed by atoms with Gasteiger partial charge in [-0.3, -0.25) is 19.1 Å². The van der Waals surface area contributed by atoms with Crippen molar-refractivity contribution in [2.24, 2.45) is 28.9 Å². The van der Waals surface area contributed by atoms with Crippen molar-refractivity contribution in [3.63, 3.8) is 0 Å². The summed E-state index contributed by atoms with van der Waals surface area (Å²) in [4.78, 5) is 42.2. The van der Waals surface area contributed by atoms with E-state index < -0.39 is 17.7 Å². The van der Waals surface area contributed by atoms with Gasteiger partial charge in [0.05, 0.1) is 42.8 Å². The van der Waals surface area contributed by atoms with Gasteiger partial charge >= 0.3 is 0 Å². The lowest BCUT2D eigenvalue weighted by Gasteiger charge is -2.38. The van der Waals surface area contributed by atoms with Crippen molar-refractivity contribution in [3.05, 3.63) is 70.6 Å². The van der Waals surface area contributed by atoms with Crippen LogP contribution in [0.2, 0.25) is 0 Å². The van der Waals surface area contributed by atoms with Gasteiger partial charge in [-0.1, -0.05) is 32.9 Å². The van der Waals surface area contributed by atoms with E-state index in [-0.39, 0.29) is 28.7 Å². The van der Waals surface area contributed by atoms with Gasteiger partial charge in [0.15, 0.2) is 0 Å². The van der Waals surface area contributed by atoms with Gasteiger partial charge in [-0.25, -0.2) is 0 Å². The quantitative estimate of drug-likeness (QED) is 0.0734. The van der Waals surface area contributed by atoms with Gasteiger partial charge in [0.1, 0.15) is 28.4 Å². The number of hydrogen-bond acceptors (Lipinski definition) is 9. The van der Waals surface area contributed by atoms with Gasteiger partial charge in [-0.05, 0) is 63.4 Å². The molecule has 15 nitrogen and oxygen atoms in total. The minimum Gasteiger partial charge on any atom is -0.494 e. The number of nitrogens with zero attached hydrogens (tertiary/aromatic N) is 5. The van der Waals surface area contributed by atoms with Crippen molar-refractivity contribution in [1.82, 2.24) is 18.9 Å².